The third-order valence-electron chi connectivity index (χ3n) is 3.62. The Hall–Kier alpha value is -2.35. The highest BCUT2D eigenvalue weighted by molar-refractivity contribution is 8.18. The number of amidine groups is 1. The van der Waals surface area contributed by atoms with Crippen molar-refractivity contribution in [3.8, 4) is 5.75 Å². The standard InChI is InChI=1S/C18H12ClN3O2S2/c1-24-11-6-7-13-14(9-11)25-17(20-13)22-18-21-16(23)15(26-18)8-10-4-2-3-5-12(10)19/h2-9H,1H3,(H,20,21,22,23)/b15-8-. The maximum Gasteiger partial charge on any atom is 0.264 e. The number of benzene rings is 2. The molecule has 4 rings (SSSR count). The van der Waals surface area contributed by atoms with Crippen LogP contribution in [0.15, 0.2) is 52.4 Å². The minimum atomic E-state index is -0.198. The van der Waals surface area contributed by atoms with Gasteiger partial charge in [0.1, 0.15) is 5.75 Å². The van der Waals surface area contributed by atoms with Gasteiger partial charge >= 0.3 is 0 Å². The second kappa shape index (κ2) is 7.11. The first-order valence-electron chi connectivity index (χ1n) is 7.61. The Balaban J connectivity index is 1.61. The zero-order valence-corrected chi connectivity index (χ0v) is 15.9. The Bertz CT molecular complexity index is 1080. The molecule has 1 aliphatic rings. The molecule has 0 atom stereocenters. The summed E-state index contributed by atoms with van der Waals surface area (Å²) in [6.45, 7) is 0. The van der Waals surface area contributed by atoms with E-state index in [0.717, 1.165) is 21.5 Å². The first-order chi connectivity index (χ1) is 12.6. The first-order valence-corrected chi connectivity index (χ1v) is 9.62. The highest BCUT2D eigenvalue weighted by atomic mass is 35.5. The predicted molar refractivity (Wildman–Crippen MR) is 108 cm³/mol. The van der Waals surface area contributed by atoms with Crippen molar-refractivity contribution in [1.29, 1.82) is 0 Å². The van der Waals surface area contributed by atoms with E-state index in [-0.39, 0.29) is 5.91 Å². The van der Waals surface area contributed by atoms with Gasteiger partial charge < -0.3 is 10.1 Å². The number of aliphatic imine (C=N–C) groups is 1. The lowest BCUT2D eigenvalue weighted by Crippen LogP contribution is -2.19. The summed E-state index contributed by atoms with van der Waals surface area (Å²) in [5, 5.41) is 4.44. The molecule has 3 aromatic rings. The van der Waals surface area contributed by atoms with Gasteiger partial charge in [0.15, 0.2) is 5.17 Å². The number of thioether (sulfide) groups is 1. The Kier molecular flexibility index (Phi) is 4.67. The number of carbonyl (C=O) groups is 1. The normalized spacial score (nSPS) is 17.2. The lowest BCUT2D eigenvalue weighted by atomic mass is 10.2. The van der Waals surface area contributed by atoms with Crippen LogP contribution in [0.2, 0.25) is 5.02 Å². The molecular weight excluding hydrogens is 390 g/mol. The van der Waals surface area contributed by atoms with Crippen LogP contribution in [0.5, 0.6) is 5.75 Å². The van der Waals surface area contributed by atoms with Crippen molar-refractivity contribution in [2.24, 2.45) is 4.99 Å². The summed E-state index contributed by atoms with van der Waals surface area (Å²) < 4.78 is 6.20. The van der Waals surface area contributed by atoms with Gasteiger partial charge in [-0.05, 0) is 47.7 Å². The molecule has 0 saturated carbocycles. The fourth-order valence-corrected chi connectivity index (χ4v) is 4.30. The lowest BCUT2D eigenvalue weighted by Gasteiger charge is -1.97. The molecular formula is C18H12ClN3O2S2. The molecule has 5 nitrogen and oxygen atoms in total. The van der Waals surface area contributed by atoms with Gasteiger partial charge in [0.25, 0.3) is 5.91 Å². The van der Waals surface area contributed by atoms with E-state index in [4.69, 9.17) is 16.3 Å². The van der Waals surface area contributed by atoms with Crippen LogP contribution in [0, 0.1) is 0 Å². The van der Waals surface area contributed by atoms with Gasteiger partial charge in [-0.15, -0.1) is 0 Å². The summed E-state index contributed by atoms with van der Waals surface area (Å²) in [6.07, 6.45) is 1.76. The molecule has 1 N–H and O–H groups in total. The van der Waals surface area contributed by atoms with Crippen molar-refractivity contribution < 1.29 is 9.53 Å². The number of methoxy groups -OCH3 is 1. The smallest absolute Gasteiger partial charge is 0.264 e. The van der Waals surface area contributed by atoms with E-state index in [9.17, 15) is 4.79 Å². The van der Waals surface area contributed by atoms with Crippen LogP contribution in [0.1, 0.15) is 5.56 Å². The molecule has 1 aromatic heterocycles. The van der Waals surface area contributed by atoms with Gasteiger partial charge in [-0.1, -0.05) is 41.1 Å². The van der Waals surface area contributed by atoms with E-state index in [2.05, 4.69) is 15.3 Å². The Morgan fingerprint density at radius 3 is 2.92 bits per heavy atom. The van der Waals surface area contributed by atoms with Crippen LogP contribution in [0.4, 0.5) is 5.13 Å². The number of rotatable bonds is 3. The summed E-state index contributed by atoms with van der Waals surface area (Å²) in [5.74, 6) is 0.574. The van der Waals surface area contributed by atoms with Crippen molar-refractivity contribution in [2.75, 3.05) is 7.11 Å². The molecule has 0 aliphatic carbocycles. The molecule has 130 valence electrons. The molecule has 0 radical (unpaired) electrons. The number of ether oxygens (including phenoxy) is 1. The molecule has 1 fully saturated rings. The summed E-state index contributed by atoms with van der Waals surface area (Å²) >= 11 is 8.86. The Morgan fingerprint density at radius 1 is 1.27 bits per heavy atom. The van der Waals surface area contributed by atoms with E-state index in [0.29, 0.717) is 20.2 Å². The van der Waals surface area contributed by atoms with Crippen LogP contribution in [-0.4, -0.2) is 23.2 Å². The molecule has 26 heavy (non-hydrogen) atoms. The van der Waals surface area contributed by atoms with Crippen LogP contribution >= 0.6 is 34.7 Å². The zero-order chi connectivity index (χ0) is 18.1. The highest BCUT2D eigenvalue weighted by Gasteiger charge is 2.24. The number of nitrogens with zero attached hydrogens (tertiary/aromatic N) is 2. The molecule has 0 unspecified atom stereocenters. The Labute approximate surface area is 162 Å². The number of hydrogen-bond acceptors (Lipinski definition) is 6. The molecule has 1 saturated heterocycles. The van der Waals surface area contributed by atoms with E-state index >= 15 is 0 Å². The summed E-state index contributed by atoms with van der Waals surface area (Å²) in [4.78, 5) is 21.7. The van der Waals surface area contributed by atoms with Crippen molar-refractivity contribution in [3.05, 3.63) is 58.0 Å². The minimum Gasteiger partial charge on any atom is -0.497 e. The minimum absolute atomic E-state index is 0.198. The number of fused-ring (bicyclic) bond motifs is 1. The number of amides is 1. The maximum atomic E-state index is 12.2. The summed E-state index contributed by atoms with van der Waals surface area (Å²) in [7, 11) is 1.63. The predicted octanol–water partition coefficient (Wildman–Crippen LogP) is 4.85. The first kappa shape index (κ1) is 17.1. The van der Waals surface area contributed by atoms with Crippen molar-refractivity contribution >= 4 is 67.2 Å². The molecule has 1 aliphatic heterocycles. The zero-order valence-electron chi connectivity index (χ0n) is 13.5. The van der Waals surface area contributed by atoms with Gasteiger partial charge in [0.2, 0.25) is 5.13 Å². The van der Waals surface area contributed by atoms with Gasteiger partial charge in [0, 0.05) is 5.02 Å². The fourth-order valence-electron chi connectivity index (χ4n) is 2.37. The van der Waals surface area contributed by atoms with Crippen LogP contribution in [0.25, 0.3) is 16.3 Å². The number of carbonyl (C=O) groups excluding carboxylic acids is 1. The number of thiazole rings is 1. The van der Waals surface area contributed by atoms with Gasteiger partial charge in [-0.2, -0.15) is 4.99 Å². The molecule has 1 amide bonds. The number of hydrogen-bond donors (Lipinski definition) is 1. The quantitative estimate of drug-likeness (QED) is 0.637. The monoisotopic (exact) mass is 401 g/mol. The molecule has 2 heterocycles. The molecule has 2 aromatic carbocycles. The maximum absolute atomic E-state index is 12.2. The third kappa shape index (κ3) is 3.46. The van der Waals surface area contributed by atoms with E-state index in [1.807, 2.05) is 36.4 Å². The van der Waals surface area contributed by atoms with Crippen molar-refractivity contribution in [2.45, 2.75) is 0 Å². The van der Waals surface area contributed by atoms with E-state index in [1.165, 1.54) is 23.1 Å². The van der Waals surface area contributed by atoms with Crippen molar-refractivity contribution in [3.63, 3.8) is 0 Å². The summed E-state index contributed by atoms with van der Waals surface area (Å²) in [5.41, 5.74) is 1.64. The third-order valence-corrected chi connectivity index (χ3v) is 5.79. The number of nitrogens with one attached hydrogen (secondary N) is 1. The lowest BCUT2D eigenvalue weighted by molar-refractivity contribution is -0.115. The van der Waals surface area contributed by atoms with Crippen molar-refractivity contribution in [1.82, 2.24) is 10.3 Å². The second-order valence-corrected chi connectivity index (χ2v) is 7.78. The molecule has 0 spiro atoms. The van der Waals surface area contributed by atoms with E-state index in [1.54, 1.807) is 19.3 Å². The number of aromatic nitrogens is 1. The number of halogens is 1. The second-order valence-electron chi connectivity index (χ2n) is 5.33. The van der Waals surface area contributed by atoms with Gasteiger partial charge in [-0.25, -0.2) is 4.98 Å². The fraction of sp³-hybridized carbons (Fsp3) is 0.0556. The van der Waals surface area contributed by atoms with Crippen LogP contribution in [-0.2, 0) is 4.79 Å². The Morgan fingerprint density at radius 2 is 2.12 bits per heavy atom. The average molecular weight is 402 g/mol. The SMILES string of the molecule is COc1ccc2nc(/N=C3\NC(=O)/C(=C/c4ccccc4Cl)S3)sc2c1. The van der Waals surface area contributed by atoms with Gasteiger partial charge in [-0.3, -0.25) is 4.79 Å². The van der Waals surface area contributed by atoms with Crippen LogP contribution in [0.3, 0.4) is 0 Å². The largest absolute Gasteiger partial charge is 0.497 e. The van der Waals surface area contributed by atoms with Gasteiger partial charge in [0.05, 0.1) is 22.2 Å². The molecule has 8 heteroatoms. The van der Waals surface area contributed by atoms with Crippen LogP contribution < -0.4 is 10.1 Å². The topological polar surface area (TPSA) is 63.6 Å². The average Bonchev–Trinajstić information content (AvgIpc) is 3.19. The van der Waals surface area contributed by atoms with E-state index < -0.39 is 0 Å². The molecule has 0 bridgehead atoms. The summed E-state index contributed by atoms with van der Waals surface area (Å²) in [6, 6.07) is 13.0. The highest BCUT2D eigenvalue weighted by Crippen LogP contribution is 2.34.